The number of thioether (sulfide) groups is 1. The first-order valence-corrected chi connectivity index (χ1v) is 9.64. The summed E-state index contributed by atoms with van der Waals surface area (Å²) >= 11 is 1.33. The van der Waals surface area contributed by atoms with Crippen LogP contribution in [0.4, 0.5) is 0 Å². The Morgan fingerprint density at radius 3 is 2.63 bits per heavy atom. The van der Waals surface area contributed by atoms with Crippen molar-refractivity contribution in [1.82, 2.24) is 20.2 Å². The first kappa shape index (κ1) is 19.1. The minimum atomic E-state index is -0.321. The number of carbonyl (C=O) groups excluding carboxylic acids is 1. The maximum Gasteiger partial charge on any atom is 0.214 e. The second-order valence-corrected chi connectivity index (χ2v) is 7.53. The van der Waals surface area contributed by atoms with Crippen molar-refractivity contribution in [2.24, 2.45) is 0 Å². The van der Waals surface area contributed by atoms with Crippen LogP contribution in [0.15, 0.2) is 47.6 Å². The molecular weight excluding hydrogens is 360 g/mol. The Morgan fingerprint density at radius 1 is 1.22 bits per heavy atom. The fourth-order valence-corrected chi connectivity index (χ4v) is 3.60. The fourth-order valence-electron chi connectivity index (χ4n) is 2.72. The van der Waals surface area contributed by atoms with Crippen molar-refractivity contribution in [3.05, 3.63) is 59.2 Å². The molecular formula is C20H22N4O2S. The summed E-state index contributed by atoms with van der Waals surface area (Å²) in [6, 6.07) is 13.5. The molecule has 0 fully saturated rings. The van der Waals surface area contributed by atoms with E-state index in [1.807, 2.05) is 56.3 Å². The lowest BCUT2D eigenvalue weighted by Gasteiger charge is -2.13. The van der Waals surface area contributed by atoms with Crippen LogP contribution in [0.3, 0.4) is 0 Å². The van der Waals surface area contributed by atoms with Crippen LogP contribution in [-0.4, -0.2) is 38.4 Å². The molecule has 1 aromatic heterocycles. The van der Waals surface area contributed by atoms with Crippen molar-refractivity contribution in [1.29, 1.82) is 0 Å². The largest absolute Gasteiger partial charge is 0.494 e. The zero-order chi connectivity index (χ0) is 19.4. The zero-order valence-corrected chi connectivity index (χ0v) is 16.7. The average molecular weight is 382 g/mol. The number of hydrogen-bond acceptors (Lipinski definition) is 6. The number of methoxy groups -OCH3 is 1. The number of Topliss-reactive ketones (excluding diaryl/α,β-unsaturated/α-hetero) is 1. The van der Waals surface area contributed by atoms with E-state index in [2.05, 4.69) is 22.4 Å². The normalized spacial score (nSPS) is 12.0. The number of benzene rings is 2. The summed E-state index contributed by atoms with van der Waals surface area (Å²) in [5, 5.41) is 12.2. The number of rotatable bonds is 7. The predicted octanol–water partition coefficient (Wildman–Crippen LogP) is 3.91. The second kappa shape index (κ2) is 8.35. The summed E-state index contributed by atoms with van der Waals surface area (Å²) in [5.74, 6) is 0.720. The first-order valence-electron chi connectivity index (χ1n) is 8.76. The molecule has 0 radical (unpaired) electrons. The quantitative estimate of drug-likeness (QED) is 0.456. The molecule has 0 unspecified atom stereocenters. The molecule has 3 aromatic rings. The summed E-state index contributed by atoms with van der Waals surface area (Å²) in [6.07, 6.45) is 0.950. The topological polar surface area (TPSA) is 69.9 Å². The average Bonchev–Trinajstić information content (AvgIpc) is 3.15. The molecule has 0 aliphatic heterocycles. The molecule has 0 saturated heterocycles. The molecule has 6 nitrogen and oxygen atoms in total. The highest BCUT2D eigenvalue weighted by atomic mass is 32.2. The van der Waals surface area contributed by atoms with Gasteiger partial charge in [0.1, 0.15) is 11.4 Å². The third-order valence-corrected chi connectivity index (χ3v) is 5.33. The van der Waals surface area contributed by atoms with Crippen molar-refractivity contribution >= 4 is 17.5 Å². The number of hydrogen-bond donors (Lipinski definition) is 0. The van der Waals surface area contributed by atoms with Crippen LogP contribution in [0.25, 0.3) is 5.69 Å². The van der Waals surface area contributed by atoms with E-state index in [1.54, 1.807) is 11.8 Å². The molecule has 0 saturated carbocycles. The number of carbonyl (C=O) groups is 1. The van der Waals surface area contributed by atoms with Gasteiger partial charge in [-0.25, -0.2) is 0 Å². The Morgan fingerprint density at radius 2 is 1.96 bits per heavy atom. The van der Waals surface area contributed by atoms with Crippen LogP contribution in [-0.2, 0) is 6.42 Å². The molecule has 0 aliphatic rings. The van der Waals surface area contributed by atoms with Crippen LogP contribution in [0.5, 0.6) is 5.75 Å². The maximum atomic E-state index is 12.8. The molecule has 1 atom stereocenters. The highest BCUT2D eigenvalue weighted by Crippen LogP contribution is 2.29. The number of nitrogens with zero attached hydrogens (tertiary/aromatic N) is 4. The minimum Gasteiger partial charge on any atom is -0.494 e. The molecule has 0 bridgehead atoms. The highest BCUT2D eigenvalue weighted by molar-refractivity contribution is 8.00. The smallest absolute Gasteiger partial charge is 0.214 e. The summed E-state index contributed by atoms with van der Waals surface area (Å²) < 4.78 is 7.04. The summed E-state index contributed by atoms with van der Waals surface area (Å²) in [4.78, 5) is 12.8. The van der Waals surface area contributed by atoms with Crippen molar-refractivity contribution in [3.8, 4) is 11.4 Å². The van der Waals surface area contributed by atoms with Gasteiger partial charge in [-0.15, -0.1) is 5.10 Å². The molecule has 0 N–H and O–H groups in total. The van der Waals surface area contributed by atoms with Gasteiger partial charge in [0.05, 0.1) is 12.4 Å². The van der Waals surface area contributed by atoms with Gasteiger partial charge in [0.15, 0.2) is 5.78 Å². The van der Waals surface area contributed by atoms with E-state index in [0.717, 1.165) is 17.7 Å². The van der Waals surface area contributed by atoms with Gasteiger partial charge in [-0.05, 0) is 54.0 Å². The molecule has 0 spiro atoms. The third-order valence-electron chi connectivity index (χ3n) is 4.30. The van der Waals surface area contributed by atoms with Crippen LogP contribution in [0.2, 0.25) is 0 Å². The Labute approximate surface area is 162 Å². The Kier molecular flexibility index (Phi) is 5.91. The Bertz CT molecular complexity index is 937. The number of tetrazole rings is 1. The number of ether oxygens (including phenoxy) is 1. The van der Waals surface area contributed by atoms with Crippen LogP contribution < -0.4 is 4.74 Å². The molecule has 0 amide bonds. The van der Waals surface area contributed by atoms with E-state index in [-0.39, 0.29) is 11.0 Å². The minimum absolute atomic E-state index is 0.0495. The van der Waals surface area contributed by atoms with E-state index in [0.29, 0.717) is 16.5 Å². The number of aryl methyl sites for hydroxylation is 2. The molecule has 1 heterocycles. The number of ketones is 1. The number of aromatic nitrogens is 4. The standard InChI is InChI=1S/C20H22N4O2S/c1-5-15-7-9-16(10-8-15)19(25)14(3)27-20-21-22-23-24(20)17-12-13(2)6-11-18(17)26-4/h6-12,14H,5H2,1-4H3/t14-/m0/s1. The van der Waals surface area contributed by atoms with Crippen molar-refractivity contribution < 1.29 is 9.53 Å². The van der Waals surface area contributed by atoms with E-state index in [1.165, 1.54) is 17.3 Å². The van der Waals surface area contributed by atoms with Gasteiger partial charge < -0.3 is 4.74 Å². The highest BCUT2D eigenvalue weighted by Gasteiger charge is 2.21. The van der Waals surface area contributed by atoms with Crippen molar-refractivity contribution in [3.63, 3.8) is 0 Å². The molecule has 27 heavy (non-hydrogen) atoms. The van der Waals surface area contributed by atoms with E-state index < -0.39 is 0 Å². The van der Waals surface area contributed by atoms with E-state index in [9.17, 15) is 4.79 Å². The van der Waals surface area contributed by atoms with Gasteiger partial charge in [0, 0.05) is 5.56 Å². The monoisotopic (exact) mass is 382 g/mol. The zero-order valence-electron chi connectivity index (χ0n) is 15.8. The van der Waals surface area contributed by atoms with Crippen LogP contribution in [0, 0.1) is 6.92 Å². The predicted molar refractivity (Wildman–Crippen MR) is 106 cm³/mol. The third kappa shape index (κ3) is 4.19. The molecule has 7 heteroatoms. The van der Waals surface area contributed by atoms with Crippen molar-refractivity contribution in [2.45, 2.75) is 37.6 Å². The Balaban J connectivity index is 1.84. The SMILES string of the molecule is CCc1ccc(C(=O)[C@H](C)Sc2nnnn2-c2cc(C)ccc2OC)cc1. The maximum absolute atomic E-state index is 12.8. The summed E-state index contributed by atoms with van der Waals surface area (Å²) in [5.41, 5.74) is 3.72. The molecule has 3 rings (SSSR count). The lowest BCUT2D eigenvalue weighted by molar-refractivity contribution is 0.0994. The fraction of sp³-hybridized carbons (Fsp3) is 0.300. The van der Waals surface area contributed by atoms with Gasteiger partial charge in [0.25, 0.3) is 0 Å². The molecule has 2 aromatic carbocycles. The van der Waals surface area contributed by atoms with E-state index >= 15 is 0 Å². The lowest BCUT2D eigenvalue weighted by atomic mass is 10.1. The van der Waals surface area contributed by atoms with Crippen molar-refractivity contribution in [2.75, 3.05) is 7.11 Å². The second-order valence-electron chi connectivity index (χ2n) is 6.22. The Hall–Kier alpha value is -2.67. The van der Waals surface area contributed by atoms with Crippen LogP contribution >= 0.6 is 11.8 Å². The first-order chi connectivity index (χ1) is 13.0. The summed E-state index contributed by atoms with van der Waals surface area (Å²) in [7, 11) is 1.61. The summed E-state index contributed by atoms with van der Waals surface area (Å²) in [6.45, 7) is 5.95. The molecule has 0 aliphatic carbocycles. The van der Waals surface area contributed by atoms with Gasteiger partial charge in [0.2, 0.25) is 5.16 Å². The van der Waals surface area contributed by atoms with E-state index in [4.69, 9.17) is 4.74 Å². The van der Waals surface area contributed by atoms with Gasteiger partial charge in [-0.2, -0.15) is 4.68 Å². The lowest BCUT2D eigenvalue weighted by Crippen LogP contribution is -2.15. The van der Waals surface area contributed by atoms with Gasteiger partial charge in [-0.1, -0.05) is 49.0 Å². The van der Waals surface area contributed by atoms with Gasteiger partial charge >= 0.3 is 0 Å². The van der Waals surface area contributed by atoms with Gasteiger partial charge in [-0.3, -0.25) is 4.79 Å². The van der Waals surface area contributed by atoms with Crippen LogP contribution in [0.1, 0.15) is 35.3 Å². The molecule has 140 valence electrons.